The number of hydrogen-bond donors (Lipinski definition) is 0. The van der Waals surface area contributed by atoms with Gasteiger partial charge in [0.15, 0.2) is 0 Å². The topological polar surface area (TPSA) is 38.8 Å². The fourth-order valence-electron chi connectivity index (χ4n) is 3.12. The quantitative estimate of drug-likeness (QED) is 0.570. The maximum atomic E-state index is 11.8. The average molecular weight is 254 g/mol. The highest BCUT2D eigenvalue weighted by atomic mass is 16.6. The Labute approximate surface area is 110 Å². The van der Waals surface area contributed by atoms with E-state index >= 15 is 0 Å². The van der Waals surface area contributed by atoms with Gasteiger partial charge in [0, 0.05) is 0 Å². The lowest BCUT2D eigenvalue weighted by molar-refractivity contribution is -0.152. The summed E-state index contributed by atoms with van der Waals surface area (Å²) in [5.74, 6) is 0.426. The van der Waals surface area contributed by atoms with Gasteiger partial charge in [-0.3, -0.25) is 4.79 Å². The predicted molar refractivity (Wildman–Crippen MR) is 70.2 cm³/mol. The minimum absolute atomic E-state index is 0.0473. The van der Waals surface area contributed by atoms with E-state index in [-0.39, 0.29) is 24.3 Å². The Balaban J connectivity index is 1.76. The molecular formula is C15H26O3. The molecule has 0 aromatic heterocycles. The molecule has 2 rings (SSSR count). The summed E-state index contributed by atoms with van der Waals surface area (Å²) in [5, 5.41) is 0. The van der Waals surface area contributed by atoms with Gasteiger partial charge in [-0.05, 0) is 44.4 Å². The molecule has 0 amide bonds. The summed E-state index contributed by atoms with van der Waals surface area (Å²) in [6.45, 7) is 8.66. The molecule has 1 aliphatic heterocycles. The lowest BCUT2D eigenvalue weighted by Crippen LogP contribution is -2.32. The van der Waals surface area contributed by atoms with Crippen LogP contribution in [0.25, 0.3) is 0 Å². The van der Waals surface area contributed by atoms with E-state index in [1.54, 1.807) is 0 Å². The largest absolute Gasteiger partial charge is 0.462 e. The molecule has 3 nitrogen and oxygen atoms in total. The minimum Gasteiger partial charge on any atom is -0.462 e. The Hall–Kier alpha value is -0.570. The van der Waals surface area contributed by atoms with Gasteiger partial charge in [0.05, 0.1) is 18.6 Å². The van der Waals surface area contributed by atoms with Crippen LogP contribution in [-0.4, -0.2) is 24.3 Å². The SMILES string of the molecule is CC1OC1CC(=O)O[C@@H](C)C1CCCC(C)(C)C1. The molecule has 2 aliphatic rings. The van der Waals surface area contributed by atoms with E-state index in [4.69, 9.17) is 9.47 Å². The Morgan fingerprint density at radius 1 is 1.50 bits per heavy atom. The van der Waals surface area contributed by atoms with Crippen molar-refractivity contribution >= 4 is 5.97 Å². The summed E-state index contributed by atoms with van der Waals surface area (Å²) >= 11 is 0. The van der Waals surface area contributed by atoms with Gasteiger partial charge in [-0.1, -0.05) is 20.3 Å². The zero-order valence-corrected chi connectivity index (χ0v) is 12.1. The summed E-state index contributed by atoms with van der Waals surface area (Å²) < 4.78 is 10.8. The third-order valence-electron chi connectivity index (χ3n) is 4.43. The summed E-state index contributed by atoms with van der Waals surface area (Å²) in [5.41, 5.74) is 0.400. The molecule has 0 bridgehead atoms. The van der Waals surface area contributed by atoms with Crippen LogP contribution in [0.5, 0.6) is 0 Å². The van der Waals surface area contributed by atoms with Crippen LogP contribution in [0.1, 0.15) is 59.8 Å². The van der Waals surface area contributed by atoms with Gasteiger partial charge in [0.1, 0.15) is 6.10 Å². The van der Waals surface area contributed by atoms with E-state index in [1.165, 1.54) is 19.3 Å². The molecule has 18 heavy (non-hydrogen) atoms. The van der Waals surface area contributed by atoms with Crippen molar-refractivity contribution in [2.45, 2.75) is 78.1 Å². The van der Waals surface area contributed by atoms with Crippen LogP contribution in [0.4, 0.5) is 0 Å². The van der Waals surface area contributed by atoms with E-state index in [1.807, 2.05) is 13.8 Å². The molecule has 2 fully saturated rings. The van der Waals surface area contributed by atoms with E-state index in [0.29, 0.717) is 17.8 Å². The number of esters is 1. The number of carbonyl (C=O) groups is 1. The van der Waals surface area contributed by atoms with Gasteiger partial charge in [-0.25, -0.2) is 0 Å². The standard InChI is InChI=1S/C15H26O3/c1-10(12-6-5-7-15(3,4)9-12)18-14(16)8-13-11(2)17-13/h10-13H,5-9H2,1-4H3/t10-,11?,12?,13?/m0/s1. The van der Waals surface area contributed by atoms with E-state index in [9.17, 15) is 4.79 Å². The highest BCUT2D eigenvalue weighted by Gasteiger charge is 2.38. The Kier molecular flexibility index (Phi) is 4.00. The maximum absolute atomic E-state index is 11.8. The first-order valence-electron chi connectivity index (χ1n) is 7.22. The normalized spacial score (nSPS) is 35.9. The molecule has 3 heteroatoms. The number of epoxide rings is 1. The number of carbonyl (C=O) groups excluding carboxylic acids is 1. The van der Waals surface area contributed by atoms with Gasteiger partial charge in [0.25, 0.3) is 0 Å². The summed E-state index contributed by atoms with van der Waals surface area (Å²) in [6.07, 6.45) is 5.70. The van der Waals surface area contributed by atoms with Crippen molar-refractivity contribution in [3.63, 3.8) is 0 Å². The van der Waals surface area contributed by atoms with Crippen molar-refractivity contribution in [2.24, 2.45) is 11.3 Å². The molecule has 4 atom stereocenters. The van der Waals surface area contributed by atoms with Crippen molar-refractivity contribution in [1.29, 1.82) is 0 Å². The molecule has 104 valence electrons. The fraction of sp³-hybridized carbons (Fsp3) is 0.933. The zero-order valence-electron chi connectivity index (χ0n) is 12.1. The lowest BCUT2D eigenvalue weighted by atomic mass is 9.71. The summed E-state index contributed by atoms with van der Waals surface area (Å²) in [6, 6.07) is 0. The molecule has 0 N–H and O–H groups in total. The predicted octanol–water partition coefficient (Wildman–Crippen LogP) is 3.31. The minimum atomic E-state index is -0.0970. The molecule has 1 heterocycles. The number of rotatable bonds is 4. The monoisotopic (exact) mass is 254 g/mol. The first kappa shape index (κ1) is 13.9. The van der Waals surface area contributed by atoms with Crippen LogP contribution < -0.4 is 0 Å². The van der Waals surface area contributed by atoms with Crippen molar-refractivity contribution in [3.05, 3.63) is 0 Å². The Morgan fingerprint density at radius 2 is 2.17 bits per heavy atom. The molecular weight excluding hydrogens is 228 g/mol. The van der Waals surface area contributed by atoms with Gasteiger partial charge < -0.3 is 9.47 Å². The van der Waals surface area contributed by atoms with Crippen LogP contribution in [0.15, 0.2) is 0 Å². The van der Waals surface area contributed by atoms with Crippen molar-refractivity contribution in [2.75, 3.05) is 0 Å². The van der Waals surface area contributed by atoms with Crippen LogP contribution >= 0.6 is 0 Å². The molecule has 3 unspecified atom stereocenters. The second-order valence-corrected chi connectivity index (χ2v) is 6.80. The summed E-state index contributed by atoms with van der Waals surface area (Å²) in [4.78, 5) is 11.8. The molecule has 0 spiro atoms. The molecule has 1 saturated carbocycles. The fourth-order valence-corrected chi connectivity index (χ4v) is 3.12. The zero-order chi connectivity index (χ0) is 13.3. The second kappa shape index (κ2) is 5.20. The first-order chi connectivity index (χ1) is 8.37. The third-order valence-corrected chi connectivity index (χ3v) is 4.43. The molecule has 1 saturated heterocycles. The third kappa shape index (κ3) is 3.71. The van der Waals surface area contributed by atoms with E-state index in [2.05, 4.69) is 13.8 Å². The molecule has 1 aliphatic carbocycles. The smallest absolute Gasteiger partial charge is 0.308 e. The number of ether oxygens (including phenoxy) is 2. The maximum Gasteiger partial charge on any atom is 0.308 e. The highest BCUT2D eigenvalue weighted by Crippen LogP contribution is 2.40. The van der Waals surface area contributed by atoms with Gasteiger partial charge >= 0.3 is 5.97 Å². The van der Waals surface area contributed by atoms with Crippen LogP contribution in [0.2, 0.25) is 0 Å². The average Bonchev–Trinajstić information content (AvgIpc) is 2.92. The lowest BCUT2D eigenvalue weighted by Gasteiger charge is -2.37. The Bertz CT molecular complexity index is 311. The Morgan fingerprint density at radius 3 is 2.72 bits per heavy atom. The van der Waals surface area contributed by atoms with Crippen LogP contribution in [0, 0.1) is 11.3 Å². The van der Waals surface area contributed by atoms with Crippen LogP contribution in [0.3, 0.4) is 0 Å². The van der Waals surface area contributed by atoms with Gasteiger partial charge in [-0.15, -0.1) is 0 Å². The van der Waals surface area contributed by atoms with E-state index < -0.39 is 0 Å². The van der Waals surface area contributed by atoms with E-state index in [0.717, 1.165) is 6.42 Å². The first-order valence-corrected chi connectivity index (χ1v) is 7.22. The highest BCUT2D eigenvalue weighted by molar-refractivity contribution is 5.70. The summed E-state index contributed by atoms with van der Waals surface area (Å²) in [7, 11) is 0. The van der Waals surface area contributed by atoms with Crippen molar-refractivity contribution in [1.82, 2.24) is 0 Å². The molecule has 0 aromatic carbocycles. The van der Waals surface area contributed by atoms with Crippen molar-refractivity contribution < 1.29 is 14.3 Å². The van der Waals surface area contributed by atoms with Crippen molar-refractivity contribution in [3.8, 4) is 0 Å². The van der Waals surface area contributed by atoms with Crippen LogP contribution in [-0.2, 0) is 14.3 Å². The van der Waals surface area contributed by atoms with Gasteiger partial charge in [0.2, 0.25) is 0 Å². The molecule has 0 aromatic rings. The molecule has 0 radical (unpaired) electrons. The number of hydrogen-bond acceptors (Lipinski definition) is 3. The second-order valence-electron chi connectivity index (χ2n) is 6.80. The van der Waals surface area contributed by atoms with Gasteiger partial charge in [-0.2, -0.15) is 0 Å².